The van der Waals surface area contributed by atoms with Crippen molar-refractivity contribution in [1.29, 1.82) is 0 Å². The lowest BCUT2D eigenvalue weighted by Crippen LogP contribution is -2.46. The molecule has 5 heteroatoms. The fourth-order valence-electron chi connectivity index (χ4n) is 3.51. The number of halogens is 1. The van der Waals surface area contributed by atoms with Crippen molar-refractivity contribution in [2.45, 2.75) is 56.9 Å². The van der Waals surface area contributed by atoms with Gasteiger partial charge in [0.15, 0.2) is 0 Å². The fourth-order valence-corrected chi connectivity index (χ4v) is 3.51. The standard InChI is InChI=1S/C18H28N2O2.ClH/c1-3-8-15(19)17(21)20-13-18(11-6-7-12-18)14-9-4-5-10-16(14)22-2;/h4-5,9-10,15H,3,6-8,11-13,19H2,1-2H3,(H,20,21);1H. The molecule has 130 valence electrons. The molecular weight excluding hydrogens is 312 g/mol. The van der Waals surface area contributed by atoms with Crippen LogP contribution in [-0.4, -0.2) is 25.6 Å². The van der Waals surface area contributed by atoms with Gasteiger partial charge in [0.1, 0.15) is 5.75 Å². The van der Waals surface area contributed by atoms with E-state index in [1.165, 1.54) is 18.4 Å². The van der Waals surface area contributed by atoms with Gasteiger partial charge in [-0.3, -0.25) is 4.79 Å². The summed E-state index contributed by atoms with van der Waals surface area (Å²) in [6.07, 6.45) is 6.19. The van der Waals surface area contributed by atoms with Crippen LogP contribution in [0, 0.1) is 0 Å². The molecule has 0 radical (unpaired) electrons. The highest BCUT2D eigenvalue weighted by atomic mass is 35.5. The van der Waals surface area contributed by atoms with Crippen molar-refractivity contribution < 1.29 is 9.53 Å². The van der Waals surface area contributed by atoms with Crippen molar-refractivity contribution >= 4 is 18.3 Å². The summed E-state index contributed by atoms with van der Waals surface area (Å²) in [5.74, 6) is 0.875. The zero-order valence-corrected chi connectivity index (χ0v) is 15.0. The van der Waals surface area contributed by atoms with Gasteiger partial charge in [0.2, 0.25) is 5.91 Å². The van der Waals surface area contributed by atoms with Gasteiger partial charge >= 0.3 is 0 Å². The van der Waals surface area contributed by atoms with Crippen LogP contribution in [0.2, 0.25) is 0 Å². The predicted molar refractivity (Wildman–Crippen MR) is 96.3 cm³/mol. The topological polar surface area (TPSA) is 64.4 Å². The van der Waals surface area contributed by atoms with E-state index < -0.39 is 6.04 Å². The van der Waals surface area contributed by atoms with Crippen LogP contribution in [0.15, 0.2) is 24.3 Å². The van der Waals surface area contributed by atoms with E-state index in [9.17, 15) is 4.79 Å². The van der Waals surface area contributed by atoms with Crippen LogP contribution in [0.4, 0.5) is 0 Å². The Balaban J connectivity index is 0.00000264. The second-order valence-electron chi connectivity index (χ2n) is 6.30. The highest BCUT2D eigenvalue weighted by Crippen LogP contribution is 2.44. The molecule has 0 bridgehead atoms. The van der Waals surface area contributed by atoms with Gasteiger partial charge in [0.25, 0.3) is 0 Å². The second kappa shape index (κ2) is 9.14. The number of benzene rings is 1. The number of para-hydroxylation sites is 1. The first-order valence-electron chi connectivity index (χ1n) is 8.30. The fraction of sp³-hybridized carbons (Fsp3) is 0.611. The molecule has 0 aromatic heterocycles. The maximum atomic E-state index is 12.2. The van der Waals surface area contributed by atoms with E-state index in [1.807, 2.05) is 25.1 Å². The van der Waals surface area contributed by atoms with Gasteiger partial charge in [0.05, 0.1) is 13.2 Å². The minimum absolute atomic E-state index is 0. The maximum absolute atomic E-state index is 12.2. The minimum Gasteiger partial charge on any atom is -0.496 e. The van der Waals surface area contributed by atoms with Crippen LogP contribution in [-0.2, 0) is 10.2 Å². The molecule has 2 rings (SSSR count). The lowest BCUT2D eigenvalue weighted by molar-refractivity contribution is -0.122. The van der Waals surface area contributed by atoms with E-state index in [-0.39, 0.29) is 23.7 Å². The van der Waals surface area contributed by atoms with Crippen molar-refractivity contribution in [3.63, 3.8) is 0 Å². The number of methoxy groups -OCH3 is 1. The number of carbonyl (C=O) groups is 1. The maximum Gasteiger partial charge on any atom is 0.236 e. The van der Waals surface area contributed by atoms with Crippen molar-refractivity contribution in [1.82, 2.24) is 5.32 Å². The minimum atomic E-state index is -0.402. The van der Waals surface area contributed by atoms with Crippen molar-refractivity contribution in [2.75, 3.05) is 13.7 Å². The molecule has 1 aliphatic carbocycles. The number of carbonyl (C=O) groups excluding carboxylic acids is 1. The molecule has 3 N–H and O–H groups in total. The Bertz CT molecular complexity index is 502. The van der Waals surface area contributed by atoms with Gasteiger partial charge in [0, 0.05) is 17.5 Å². The molecule has 4 nitrogen and oxygen atoms in total. The summed E-state index contributed by atoms with van der Waals surface area (Å²) >= 11 is 0. The average molecular weight is 341 g/mol. The molecule has 0 heterocycles. The van der Waals surface area contributed by atoms with Gasteiger partial charge < -0.3 is 15.8 Å². The van der Waals surface area contributed by atoms with E-state index in [0.29, 0.717) is 6.54 Å². The smallest absolute Gasteiger partial charge is 0.236 e. The molecule has 1 amide bonds. The molecule has 1 fully saturated rings. The number of hydrogen-bond acceptors (Lipinski definition) is 3. The molecule has 1 aromatic carbocycles. The van der Waals surface area contributed by atoms with Gasteiger partial charge in [-0.05, 0) is 25.3 Å². The van der Waals surface area contributed by atoms with Crippen LogP contribution >= 0.6 is 12.4 Å². The first-order chi connectivity index (χ1) is 10.6. The summed E-state index contributed by atoms with van der Waals surface area (Å²) in [7, 11) is 1.71. The second-order valence-corrected chi connectivity index (χ2v) is 6.30. The van der Waals surface area contributed by atoms with Gasteiger partial charge in [-0.1, -0.05) is 44.4 Å². The SMILES string of the molecule is CCCC(N)C(=O)NCC1(c2ccccc2OC)CCCC1.Cl. The highest BCUT2D eigenvalue weighted by molar-refractivity contribution is 5.85. The molecular formula is C18H29ClN2O2. The van der Waals surface area contributed by atoms with Crippen LogP contribution in [0.5, 0.6) is 5.75 Å². The third-order valence-corrected chi connectivity index (χ3v) is 4.78. The van der Waals surface area contributed by atoms with Crippen molar-refractivity contribution in [3.8, 4) is 5.75 Å². The monoisotopic (exact) mass is 340 g/mol. The van der Waals surface area contributed by atoms with Crippen LogP contribution in [0.3, 0.4) is 0 Å². The normalized spacial score (nSPS) is 17.2. The zero-order chi connectivity index (χ0) is 16.0. The molecule has 1 saturated carbocycles. The first kappa shape index (κ1) is 19.8. The van der Waals surface area contributed by atoms with E-state index in [4.69, 9.17) is 10.5 Å². The Morgan fingerprint density at radius 2 is 2.00 bits per heavy atom. The van der Waals surface area contributed by atoms with E-state index >= 15 is 0 Å². The number of nitrogens with two attached hydrogens (primary N) is 1. The predicted octanol–water partition coefficient (Wildman–Crippen LogP) is 3.17. The van der Waals surface area contributed by atoms with Crippen molar-refractivity contribution in [3.05, 3.63) is 29.8 Å². The Hall–Kier alpha value is -1.26. The number of ether oxygens (including phenoxy) is 1. The third-order valence-electron chi connectivity index (χ3n) is 4.78. The van der Waals surface area contributed by atoms with Crippen molar-refractivity contribution in [2.24, 2.45) is 5.73 Å². The molecule has 0 aliphatic heterocycles. The molecule has 0 saturated heterocycles. The summed E-state index contributed by atoms with van der Waals surface area (Å²) in [5, 5.41) is 3.08. The van der Waals surface area contributed by atoms with E-state index in [1.54, 1.807) is 7.11 Å². The zero-order valence-electron chi connectivity index (χ0n) is 14.1. The highest BCUT2D eigenvalue weighted by Gasteiger charge is 2.38. The number of nitrogens with one attached hydrogen (secondary N) is 1. The Morgan fingerprint density at radius 1 is 1.35 bits per heavy atom. The van der Waals surface area contributed by atoms with Crippen LogP contribution in [0.1, 0.15) is 51.0 Å². The van der Waals surface area contributed by atoms with Gasteiger partial charge in [-0.2, -0.15) is 0 Å². The largest absolute Gasteiger partial charge is 0.496 e. The van der Waals surface area contributed by atoms with E-state index in [0.717, 1.165) is 31.4 Å². The lowest BCUT2D eigenvalue weighted by Gasteiger charge is -2.31. The molecule has 1 unspecified atom stereocenters. The van der Waals surface area contributed by atoms with Crippen LogP contribution < -0.4 is 15.8 Å². The Morgan fingerprint density at radius 3 is 2.61 bits per heavy atom. The average Bonchev–Trinajstić information content (AvgIpc) is 3.02. The quantitative estimate of drug-likeness (QED) is 0.801. The number of amides is 1. The number of hydrogen-bond donors (Lipinski definition) is 2. The Kier molecular flexibility index (Phi) is 7.86. The summed E-state index contributed by atoms with van der Waals surface area (Å²) < 4.78 is 5.54. The number of rotatable bonds is 7. The van der Waals surface area contributed by atoms with E-state index in [2.05, 4.69) is 11.4 Å². The summed E-state index contributed by atoms with van der Waals surface area (Å²) in [6, 6.07) is 7.76. The first-order valence-corrected chi connectivity index (χ1v) is 8.30. The summed E-state index contributed by atoms with van der Waals surface area (Å²) in [6.45, 7) is 2.68. The summed E-state index contributed by atoms with van der Waals surface area (Å²) in [4.78, 5) is 12.2. The van der Waals surface area contributed by atoms with Gasteiger partial charge in [-0.25, -0.2) is 0 Å². The molecule has 1 atom stereocenters. The van der Waals surface area contributed by atoms with Crippen LogP contribution in [0.25, 0.3) is 0 Å². The lowest BCUT2D eigenvalue weighted by atomic mass is 9.78. The molecule has 0 spiro atoms. The molecule has 1 aliphatic rings. The van der Waals surface area contributed by atoms with Gasteiger partial charge in [-0.15, -0.1) is 12.4 Å². The Labute approximate surface area is 145 Å². The summed E-state index contributed by atoms with van der Waals surface area (Å²) in [5.41, 5.74) is 7.10. The molecule has 1 aromatic rings. The molecule has 23 heavy (non-hydrogen) atoms. The third kappa shape index (κ3) is 4.61.